The fourth-order valence-electron chi connectivity index (χ4n) is 11.5. The summed E-state index contributed by atoms with van der Waals surface area (Å²) in [4.78, 5) is 32.0. The van der Waals surface area contributed by atoms with E-state index < -0.39 is 17.1 Å². The third kappa shape index (κ3) is 9.45. The Morgan fingerprint density at radius 2 is 1.59 bits per heavy atom. The van der Waals surface area contributed by atoms with E-state index >= 15 is 4.79 Å². The number of carbonyl (C=O) groups is 2. The molecule has 9 rings (SSSR count). The van der Waals surface area contributed by atoms with Crippen molar-refractivity contribution in [1.82, 2.24) is 4.90 Å². The predicted octanol–water partition coefficient (Wildman–Crippen LogP) is 12.9. The minimum absolute atomic E-state index is 0.0657. The van der Waals surface area contributed by atoms with Crippen LogP contribution in [-0.4, -0.2) is 51.3 Å². The first-order valence-corrected chi connectivity index (χ1v) is 23.6. The minimum Gasteiger partial charge on any atom is -0.446 e. The molecule has 0 aromatic heterocycles. The van der Waals surface area contributed by atoms with Gasteiger partial charge in [0, 0.05) is 23.1 Å². The highest BCUT2D eigenvalue weighted by molar-refractivity contribution is 6.14. The summed E-state index contributed by atoms with van der Waals surface area (Å²) >= 11 is 0. The molecule has 63 heavy (non-hydrogen) atoms. The van der Waals surface area contributed by atoms with Gasteiger partial charge < -0.3 is 19.8 Å². The zero-order valence-corrected chi connectivity index (χ0v) is 38.1. The molecule has 6 nitrogen and oxygen atoms in total. The summed E-state index contributed by atoms with van der Waals surface area (Å²) in [5, 5.41) is 27.0. The van der Waals surface area contributed by atoms with Gasteiger partial charge in [-0.2, -0.15) is 0 Å². The minimum atomic E-state index is -1.31. The average Bonchev–Trinajstić information content (AvgIpc) is 3.53. The number of allylic oxidation sites excluding steroid dienone is 2. The van der Waals surface area contributed by atoms with Crippen LogP contribution in [0.1, 0.15) is 131 Å². The third-order valence-electron chi connectivity index (χ3n) is 15.3. The summed E-state index contributed by atoms with van der Waals surface area (Å²) in [5.74, 6) is 0.871. The Labute approximate surface area is 375 Å². The number of ether oxygens (including phenoxy) is 1. The van der Waals surface area contributed by atoms with E-state index in [0.29, 0.717) is 61.6 Å². The molecule has 1 amide bonds. The lowest BCUT2D eigenvalue weighted by atomic mass is 9.64. The summed E-state index contributed by atoms with van der Waals surface area (Å²) in [6.45, 7) is 11.4. The van der Waals surface area contributed by atoms with Crippen molar-refractivity contribution in [1.29, 1.82) is 0 Å². The van der Waals surface area contributed by atoms with Crippen molar-refractivity contribution in [2.75, 3.05) is 6.54 Å². The second-order valence-corrected chi connectivity index (χ2v) is 19.9. The Morgan fingerprint density at radius 1 is 0.841 bits per heavy atom. The Kier molecular flexibility index (Phi) is 13.4. The maximum absolute atomic E-state index is 15.2. The van der Waals surface area contributed by atoms with Crippen LogP contribution in [0.4, 0.5) is 4.79 Å². The fraction of sp³-hybridized carbons (Fsp3) is 0.439. The Hall–Kier alpha value is -5.04. The van der Waals surface area contributed by atoms with Crippen LogP contribution in [0.5, 0.6) is 0 Å². The second-order valence-electron chi connectivity index (χ2n) is 19.9. The first-order chi connectivity index (χ1) is 30.3. The first-order valence-electron chi connectivity index (χ1n) is 23.6. The van der Waals surface area contributed by atoms with Gasteiger partial charge in [-0.3, -0.25) is 4.79 Å². The summed E-state index contributed by atoms with van der Waals surface area (Å²) in [5.41, 5.74) is 5.10. The van der Waals surface area contributed by atoms with Gasteiger partial charge in [0.15, 0.2) is 5.78 Å². The smallest absolute Gasteiger partial charge is 0.410 e. The largest absolute Gasteiger partial charge is 0.446 e. The van der Waals surface area contributed by atoms with Crippen molar-refractivity contribution in [3.05, 3.63) is 155 Å². The quantitative estimate of drug-likeness (QED) is 0.114. The predicted molar refractivity (Wildman–Crippen MR) is 255 cm³/mol. The number of hydrogen-bond donors (Lipinski definition) is 2. The summed E-state index contributed by atoms with van der Waals surface area (Å²) in [6.07, 6.45) is 8.47. The normalized spacial score (nSPS) is 26.5. The Bertz CT molecular complexity index is 2430. The zero-order chi connectivity index (χ0) is 44.3. The van der Waals surface area contributed by atoms with Gasteiger partial charge in [0.05, 0.1) is 18.2 Å². The maximum atomic E-state index is 15.2. The summed E-state index contributed by atoms with van der Waals surface area (Å²) in [7, 11) is 0. The highest BCUT2D eigenvalue weighted by Gasteiger charge is 2.58. The fourth-order valence-corrected chi connectivity index (χ4v) is 11.5. The van der Waals surface area contributed by atoms with Crippen LogP contribution in [0.25, 0.3) is 21.9 Å². The SMILES string of the molecule is CC1=CCC[C@@]2(C)[C@@H](CC[C@@]2(O)CN(Cc2cccc3ccccc23)C(=O)O[C@H]2C[C@@H](C)CC[C@@H]2C(C)C)c2ccc(cc2C(=O)c2ccccc2-c2ccccc2)C[C@@H](O)CC1. The molecule has 0 spiro atoms. The number of amides is 1. The monoisotopic (exact) mass is 846 g/mol. The van der Waals surface area contributed by atoms with Crippen LogP contribution >= 0.6 is 0 Å². The molecule has 0 unspecified atom stereocenters. The van der Waals surface area contributed by atoms with Gasteiger partial charge in [-0.15, -0.1) is 0 Å². The number of ketones is 1. The number of aliphatic hydroxyl groups excluding tert-OH is 1. The van der Waals surface area contributed by atoms with Gasteiger partial charge in [-0.25, -0.2) is 4.79 Å². The molecule has 2 fully saturated rings. The number of benzene rings is 5. The maximum Gasteiger partial charge on any atom is 0.410 e. The van der Waals surface area contributed by atoms with Gasteiger partial charge >= 0.3 is 6.09 Å². The number of rotatable bonds is 9. The van der Waals surface area contributed by atoms with Crippen LogP contribution in [-0.2, 0) is 17.7 Å². The zero-order valence-electron chi connectivity index (χ0n) is 38.1. The van der Waals surface area contributed by atoms with Crippen molar-refractivity contribution in [3.63, 3.8) is 0 Å². The average molecular weight is 846 g/mol. The molecule has 5 aromatic carbocycles. The van der Waals surface area contributed by atoms with Crippen LogP contribution in [0.3, 0.4) is 0 Å². The molecule has 2 bridgehead atoms. The van der Waals surface area contributed by atoms with E-state index in [9.17, 15) is 15.0 Å². The molecule has 4 aliphatic rings. The highest BCUT2D eigenvalue weighted by atomic mass is 16.6. The number of fused-ring (bicyclic) bond motifs is 9. The standard InChI is InChI=1S/C57H67NO5/c1-38(2)46-28-25-40(4)33-53(46)63-55(61)58(36-44-20-13-19-42-18-9-10-21-47(42)44)37-57(62)32-30-52-49-29-26-41(34-45(59)27-24-39(3)15-14-31-56(52,57)5)35-51(49)54(60)50-23-12-11-22-48(50)43-16-7-6-8-17-43/h6-13,15-23,26,29,35,38,40,45-46,52-53,59,62H,14,24-25,27-28,30-34,36-37H2,1-5H3/t40-,45-,46+,52-,53-,56-,57+/m0/s1. The second kappa shape index (κ2) is 19.0. The van der Waals surface area contributed by atoms with E-state index in [1.165, 1.54) is 5.57 Å². The van der Waals surface area contributed by atoms with Crippen LogP contribution < -0.4 is 0 Å². The molecule has 2 saturated carbocycles. The van der Waals surface area contributed by atoms with E-state index in [4.69, 9.17) is 4.74 Å². The molecule has 0 heterocycles. The van der Waals surface area contributed by atoms with Crippen LogP contribution in [0.15, 0.2) is 127 Å². The molecule has 2 N–H and O–H groups in total. The number of hydrogen-bond acceptors (Lipinski definition) is 5. The summed E-state index contributed by atoms with van der Waals surface area (Å²) in [6, 6.07) is 38.6. The molecule has 0 radical (unpaired) electrons. The van der Waals surface area contributed by atoms with Crippen LogP contribution in [0.2, 0.25) is 0 Å². The molecule has 5 aromatic rings. The molecule has 4 aliphatic carbocycles. The van der Waals surface area contributed by atoms with Crippen LogP contribution in [0, 0.1) is 23.2 Å². The molecule has 6 heteroatoms. The molecule has 330 valence electrons. The van der Waals surface area contributed by atoms with Gasteiger partial charge in [0.1, 0.15) is 6.10 Å². The number of nitrogens with zero attached hydrogens (tertiary/aromatic N) is 1. The molecule has 7 atom stereocenters. The van der Waals surface area contributed by atoms with Gasteiger partial charge in [0.2, 0.25) is 0 Å². The lowest BCUT2D eigenvalue weighted by Gasteiger charge is -2.46. The molecule has 0 saturated heterocycles. The lowest BCUT2D eigenvalue weighted by molar-refractivity contribution is -0.0875. The van der Waals surface area contributed by atoms with Gasteiger partial charge in [0.25, 0.3) is 0 Å². The Morgan fingerprint density at radius 3 is 2.40 bits per heavy atom. The van der Waals surface area contributed by atoms with Crippen molar-refractivity contribution >= 4 is 22.6 Å². The third-order valence-corrected chi connectivity index (χ3v) is 15.3. The van der Waals surface area contributed by atoms with E-state index in [0.717, 1.165) is 70.7 Å². The van der Waals surface area contributed by atoms with E-state index in [-0.39, 0.29) is 36.4 Å². The van der Waals surface area contributed by atoms with Crippen molar-refractivity contribution < 1.29 is 24.5 Å². The lowest BCUT2D eigenvalue weighted by Crippen LogP contribution is -2.54. The molecular weight excluding hydrogens is 779 g/mol. The first kappa shape index (κ1) is 44.6. The van der Waals surface area contributed by atoms with E-state index in [2.05, 4.69) is 77.1 Å². The molecule has 0 aliphatic heterocycles. The van der Waals surface area contributed by atoms with Crippen molar-refractivity contribution in [2.24, 2.45) is 23.2 Å². The number of aliphatic hydroxyl groups is 2. The topological polar surface area (TPSA) is 87.1 Å². The van der Waals surface area contributed by atoms with Crippen molar-refractivity contribution in [2.45, 2.75) is 129 Å². The molecular formula is C57H67NO5. The number of carbonyl (C=O) groups excluding carboxylic acids is 2. The van der Waals surface area contributed by atoms with E-state index in [1.54, 1.807) is 4.90 Å². The van der Waals surface area contributed by atoms with Gasteiger partial charge in [-0.05, 0) is 133 Å². The Balaban J connectivity index is 1.21. The highest BCUT2D eigenvalue weighted by Crippen LogP contribution is 2.59. The van der Waals surface area contributed by atoms with Crippen molar-refractivity contribution in [3.8, 4) is 11.1 Å². The van der Waals surface area contributed by atoms with E-state index in [1.807, 2.05) is 78.9 Å². The summed E-state index contributed by atoms with van der Waals surface area (Å²) < 4.78 is 6.63. The van der Waals surface area contributed by atoms with Gasteiger partial charge in [-0.1, -0.05) is 155 Å².